The molecule has 1 heterocycles. The Hall–Kier alpha value is -1.79. The molecule has 1 amide bonds. The van der Waals surface area contributed by atoms with E-state index in [9.17, 15) is 4.79 Å². The summed E-state index contributed by atoms with van der Waals surface area (Å²) in [5, 5.41) is 8.89. The molecule has 21 heavy (non-hydrogen) atoms. The van der Waals surface area contributed by atoms with Crippen LogP contribution in [0.5, 0.6) is 0 Å². The lowest BCUT2D eigenvalue weighted by Gasteiger charge is -2.09. The van der Waals surface area contributed by atoms with Gasteiger partial charge in [-0.3, -0.25) is 4.79 Å². The van der Waals surface area contributed by atoms with Crippen LogP contribution < -0.4 is 5.32 Å². The summed E-state index contributed by atoms with van der Waals surface area (Å²) in [5.74, 6) is 0.102. The Balaban J connectivity index is 1.77. The zero-order chi connectivity index (χ0) is 15.1. The van der Waals surface area contributed by atoms with Crippen molar-refractivity contribution in [1.29, 1.82) is 0 Å². The zero-order valence-electron chi connectivity index (χ0n) is 12.4. The molecule has 0 aliphatic carbocycles. The fourth-order valence-electron chi connectivity index (χ4n) is 1.93. The molecule has 0 unspecified atom stereocenters. The molecule has 2 aromatic rings. The Labute approximate surface area is 129 Å². The quantitative estimate of drug-likeness (QED) is 0.851. The molecular weight excluding hydrogens is 284 g/mol. The first-order chi connectivity index (χ1) is 10.1. The van der Waals surface area contributed by atoms with E-state index in [1.54, 1.807) is 0 Å². The number of nitrogens with one attached hydrogen (secondary N) is 1. The third-order valence-electron chi connectivity index (χ3n) is 3.11. The van der Waals surface area contributed by atoms with Crippen molar-refractivity contribution in [1.82, 2.24) is 19.8 Å². The monoisotopic (exact) mass is 304 g/mol. The van der Waals surface area contributed by atoms with Gasteiger partial charge in [0.2, 0.25) is 5.91 Å². The fraction of sp³-hybridized carbons (Fsp3) is 0.400. The number of hydrogen-bond acceptors (Lipinski definition) is 5. The Morgan fingerprint density at radius 1 is 1.29 bits per heavy atom. The molecule has 1 aromatic carbocycles. The highest BCUT2D eigenvalue weighted by atomic mass is 32.1. The number of carbonyl (C=O) groups excluding carboxylic acids is 1. The van der Waals surface area contributed by atoms with Crippen molar-refractivity contribution in [3.8, 4) is 11.3 Å². The summed E-state index contributed by atoms with van der Waals surface area (Å²) in [6, 6.07) is 8.03. The summed E-state index contributed by atoms with van der Waals surface area (Å²) < 4.78 is 3.85. The molecule has 0 aliphatic heterocycles. The van der Waals surface area contributed by atoms with Gasteiger partial charge in [0.1, 0.15) is 5.69 Å². The summed E-state index contributed by atoms with van der Waals surface area (Å²) in [7, 11) is 4.02. The summed E-state index contributed by atoms with van der Waals surface area (Å²) in [6.07, 6.45) is 1.45. The van der Waals surface area contributed by atoms with Gasteiger partial charge < -0.3 is 10.2 Å². The van der Waals surface area contributed by atoms with Gasteiger partial charge in [-0.15, -0.1) is 5.10 Å². The molecule has 0 saturated carbocycles. The van der Waals surface area contributed by atoms with E-state index in [1.165, 1.54) is 11.5 Å². The molecule has 1 aromatic heterocycles. The van der Waals surface area contributed by atoms with Gasteiger partial charge in [-0.25, -0.2) is 0 Å². The maximum Gasteiger partial charge on any atom is 0.220 e. The van der Waals surface area contributed by atoms with Crippen LogP contribution in [0.1, 0.15) is 18.4 Å². The van der Waals surface area contributed by atoms with E-state index in [2.05, 4.69) is 19.8 Å². The van der Waals surface area contributed by atoms with Crippen LogP contribution in [0.4, 0.5) is 0 Å². The van der Waals surface area contributed by atoms with E-state index in [4.69, 9.17) is 0 Å². The molecule has 0 fully saturated rings. The second-order valence-electron chi connectivity index (χ2n) is 5.17. The number of nitrogens with zero attached hydrogens (tertiary/aromatic N) is 3. The molecule has 5 nitrogen and oxygen atoms in total. The smallest absolute Gasteiger partial charge is 0.220 e. The SMILES string of the molecule is CN(C)CCCC(=O)NCc1ccc(-c2csnn2)cc1. The van der Waals surface area contributed by atoms with Crippen LogP contribution in [0, 0.1) is 0 Å². The molecule has 0 atom stereocenters. The summed E-state index contributed by atoms with van der Waals surface area (Å²) in [5.41, 5.74) is 3.02. The Kier molecular flexibility index (Phi) is 5.83. The summed E-state index contributed by atoms with van der Waals surface area (Å²) >= 11 is 1.34. The van der Waals surface area contributed by atoms with E-state index in [1.807, 2.05) is 43.7 Å². The molecule has 0 saturated heterocycles. The normalized spacial score (nSPS) is 10.8. The largest absolute Gasteiger partial charge is 0.352 e. The van der Waals surface area contributed by atoms with Gasteiger partial charge >= 0.3 is 0 Å². The van der Waals surface area contributed by atoms with Gasteiger partial charge in [-0.2, -0.15) is 0 Å². The van der Waals surface area contributed by atoms with E-state index in [-0.39, 0.29) is 5.91 Å². The highest BCUT2D eigenvalue weighted by molar-refractivity contribution is 7.03. The third kappa shape index (κ3) is 5.24. The second-order valence-corrected chi connectivity index (χ2v) is 5.78. The minimum absolute atomic E-state index is 0.102. The maximum absolute atomic E-state index is 11.7. The van der Waals surface area contributed by atoms with Crippen molar-refractivity contribution in [3.05, 3.63) is 35.2 Å². The van der Waals surface area contributed by atoms with Crippen molar-refractivity contribution in [2.24, 2.45) is 0 Å². The Morgan fingerprint density at radius 2 is 2.05 bits per heavy atom. The van der Waals surface area contributed by atoms with Crippen molar-refractivity contribution < 1.29 is 4.79 Å². The first-order valence-electron chi connectivity index (χ1n) is 6.93. The standard InChI is InChI=1S/C15H20N4OS/c1-19(2)9-3-4-15(20)16-10-12-5-7-13(8-6-12)14-11-21-18-17-14/h5-8,11H,3-4,9-10H2,1-2H3,(H,16,20). The maximum atomic E-state index is 11.7. The zero-order valence-corrected chi connectivity index (χ0v) is 13.2. The van der Waals surface area contributed by atoms with E-state index < -0.39 is 0 Å². The number of carbonyl (C=O) groups is 1. The average molecular weight is 304 g/mol. The van der Waals surface area contributed by atoms with Gasteiger partial charge in [0.05, 0.1) is 0 Å². The van der Waals surface area contributed by atoms with Crippen molar-refractivity contribution in [2.45, 2.75) is 19.4 Å². The molecule has 0 aliphatic rings. The van der Waals surface area contributed by atoms with Crippen LogP contribution in [0.2, 0.25) is 0 Å². The predicted molar refractivity (Wildman–Crippen MR) is 85.0 cm³/mol. The van der Waals surface area contributed by atoms with Crippen molar-refractivity contribution in [2.75, 3.05) is 20.6 Å². The van der Waals surface area contributed by atoms with Gasteiger partial charge in [0.15, 0.2) is 0 Å². The predicted octanol–water partition coefficient (Wildman–Crippen LogP) is 2.16. The van der Waals surface area contributed by atoms with E-state index in [0.717, 1.165) is 29.8 Å². The molecule has 6 heteroatoms. The van der Waals surface area contributed by atoms with Crippen LogP contribution in [0.15, 0.2) is 29.6 Å². The summed E-state index contributed by atoms with van der Waals surface area (Å²) in [6.45, 7) is 1.50. The number of benzene rings is 1. The van der Waals surface area contributed by atoms with Crippen LogP contribution >= 0.6 is 11.5 Å². The summed E-state index contributed by atoms with van der Waals surface area (Å²) in [4.78, 5) is 13.8. The minimum atomic E-state index is 0.102. The van der Waals surface area contributed by atoms with Crippen LogP contribution in [0.3, 0.4) is 0 Å². The Bertz CT molecular complexity index is 552. The van der Waals surface area contributed by atoms with Crippen molar-refractivity contribution in [3.63, 3.8) is 0 Å². The molecule has 112 valence electrons. The van der Waals surface area contributed by atoms with Gasteiger partial charge in [-0.1, -0.05) is 28.8 Å². The lowest BCUT2D eigenvalue weighted by Crippen LogP contribution is -2.24. The van der Waals surface area contributed by atoms with E-state index >= 15 is 0 Å². The number of hydrogen-bond donors (Lipinski definition) is 1. The number of amides is 1. The topological polar surface area (TPSA) is 58.1 Å². The lowest BCUT2D eigenvalue weighted by molar-refractivity contribution is -0.121. The molecule has 1 N–H and O–H groups in total. The number of rotatable bonds is 7. The molecule has 0 spiro atoms. The fourth-order valence-corrected chi connectivity index (χ4v) is 2.39. The minimum Gasteiger partial charge on any atom is -0.352 e. The molecule has 2 rings (SSSR count). The molecule has 0 radical (unpaired) electrons. The second kappa shape index (κ2) is 7.85. The van der Waals surface area contributed by atoms with Crippen molar-refractivity contribution >= 4 is 17.4 Å². The first kappa shape index (κ1) is 15.6. The Morgan fingerprint density at radius 3 is 2.67 bits per heavy atom. The van der Waals surface area contributed by atoms with Crippen LogP contribution in [0.25, 0.3) is 11.3 Å². The van der Waals surface area contributed by atoms with E-state index in [0.29, 0.717) is 13.0 Å². The van der Waals surface area contributed by atoms with Crippen LogP contribution in [-0.2, 0) is 11.3 Å². The highest BCUT2D eigenvalue weighted by Gasteiger charge is 2.03. The van der Waals surface area contributed by atoms with Crippen LogP contribution in [-0.4, -0.2) is 41.0 Å². The van der Waals surface area contributed by atoms with Gasteiger partial charge in [-0.05, 0) is 44.2 Å². The lowest BCUT2D eigenvalue weighted by atomic mass is 10.1. The first-order valence-corrected chi connectivity index (χ1v) is 7.76. The number of aromatic nitrogens is 2. The molecular formula is C15H20N4OS. The molecule has 0 bridgehead atoms. The third-order valence-corrected chi connectivity index (χ3v) is 3.61. The average Bonchev–Trinajstić information content (AvgIpc) is 2.99. The van der Waals surface area contributed by atoms with Gasteiger partial charge in [0.25, 0.3) is 0 Å². The highest BCUT2D eigenvalue weighted by Crippen LogP contribution is 2.18. The van der Waals surface area contributed by atoms with Gasteiger partial charge in [0, 0.05) is 23.9 Å².